The number of rotatable bonds is 11. The third kappa shape index (κ3) is 8.48. The molecule has 0 radical (unpaired) electrons. The number of hydrogen-bond donors (Lipinski definition) is 1. The largest absolute Gasteiger partial charge is 0.484 e. The fourth-order valence-electron chi connectivity index (χ4n) is 4.03. The van der Waals surface area contributed by atoms with Gasteiger partial charge in [-0.05, 0) is 66.3 Å². The van der Waals surface area contributed by atoms with Gasteiger partial charge in [-0.2, -0.15) is 0 Å². The van der Waals surface area contributed by atoms with Crippen molar-refractivity contribution in [2.24, 2.45) is 5.92 Å². The molecule has 3 aromatic carbocycles. The highest BCUT2D eigenvalue weighted by Crippen LogP contribution is 2.27. The van der Waals surface area contributed by atoms with E-state index >= 15 is 0 Å². The van der Waals surface area contributed by atoms with Crippen LogP contribution in [0.15, 0.2) is 65.1 Å². The van der Waals surface area contributed by atoms with Gasteiger partial charge in [-0.1, -0.05) is 89.4 Å². The van der Waals surface area contributed by atoms with Crippen molar-refractivity contribution in [3.63, 3.8) is 0 Å². The maximum Gasteiger partial charge on any atom is 0.261 e. The summed E-state index contributed by atoms with van der Waals surface area (Å²) in [6.45, 7) is 8.39. The summed E-state index contributed by atoms with van der Waals surface area (Å²) in [5.74, 6) is 0.300. The lowest BCUT2D eigenvalue weighted by Gasteiger charge is -2.32. The Morgan fingerprint density at radius 3 is 2.26 bits per heavy atom. The molecule has 3 rings (SSSR count). The van der Waals surface area contributed by atoms with E-state index in [4.69, 9.17) is 27.9 Å². The number of nitrogens with one attached hydrogen (secondary N) is 1. The number of aryl methyl sites for hydroxylation is 2. The second kappa shape index (κ2) is 14.0. The summed E-state index contributed by atoms with van der Waals surface area (Å²) in [7, 11) is 0. The number of hydrogen-bond acceptors (Lipinski definition) is 3. The molecule has 2 amide bonds. The Balaban J connectivity index is 1.94. The Bertz CT molecular complexity index is 1240. The molecule has 0 heterocycles. The molecular formula is C30H33BrCl2N2O3. The third-order valence-electron chi connectivity index (χ3n) is 6.08. The number of amides is 2. The smallest absolute Gasteiger partial charge is 0.261 e. The van der Waals surface area contributed by atoms with Gasteiger partial charge in [-0.3, -0.25) is 9.59 Å². The maximum atomic E-state index is 13.8. The van der Waals surface area contributed by atoms with Crippen LogP contribution < -0.4 is 10.1 Å². The molecule has 1 unspecified atom stereocenters. The molecule has 0 bridgehead atoms. The minimum Gasteiger partial charge on any atom is -0.484 e. The molecular weight excluding hydrogens is 587 g/mol. The molecule has 0 aliphatic heterocycles. The number of nitrogens with zero attached hydrogens (tertiary/aromatic N) is 1. The molecule has 0 spiro atoms. The van der Waals surface area contributed by atoms with Gasteiger partial charge in [0.1, 0.15) is 11.8 Å². The van der Waals surface area contributed by atoms with Crippen LogP contribution >= 0.6 is 39.1 Å². The van der Waals surface area contributed by atoms with E-state index in [0.717, 1.165) is 21.2 Å². The molecule has 0 fully saturated rings. The van der Waals surface area contributed by atoms with Crippen molar-refractivity contribution >= 4 is 50.9 Å². The first-order valence-corrected chi connectivity index (χ1v) is 14.0. The summed E-state index contributed by atoms with van der Waals surface area (Å²) < 4.78 is 6.93. The second-order valence-electron chi connectivity index (χ2n) is 9.76. The Hall–Kier alpha value is -2.54. The molecule has 0 saturated carbocycles. The molecule has 1 N–H and O–H groups in total. The van der Waals surface area contributed by atoms with E-state index in [1.165, 1.54) is 0 Å². The zero-order valence-corrected chi connectivity index (χ0v) is 25.2. The van der Waals surface area contributed by atoms with Crippen LogP contribution in [-0.4, -0.2) is 35.9 Å². The predicted octanol–water partition coefficient (Wildman–Crippen LogP) is 7.16. The highest BCUT2D eigenvalue weighted by Gasteiger charge is 2.31. The van der Waals surface area contributed by atoms with Crippen molar-refractivity contribution in [1.82, 2.24) is 10.2 Å². The number of carbonyl (C=O) groups excluding carboxylic acids is 2. The average Bonchev–Trinajstić information content (AvgIpc) is 2.88. The fraction of sp³-hybridized carbons (Fsp3) is 0.333. The van der Waals surface area contributed by atoms with E-state index in [0.29, 0.717) is 34.3 Å². The monoisotopic (exact) mass is 618 g/mol. The van der Waals surface area contributed by atoms with Gasteiger partial charge >= 0.3 is 0 Å². The van der Waals surface area contributed by atoms with E-state index in [1.54, 1.807) is 23.1 Å². The normalized spacial score (nSPS) is 11.8. The first kappa shape index (κ1) is 30.0. The molecule has 0 saturated heterocycles. The summed E-state index contributed by atoms with van der Waals surface area (Å²) in [4.78, 5) is 28.8. The number of ether oxygens (including phenoxy) is 1. The van der Waals surface area contributed by atoms with Crippen molar-refractivity contribution in [2.75, 3.05) is 13.2 Å². The van der Waals surface area contributed by atoms with E-state index in [2.05, 4.69) is 21.2 Å². The summed E-state index contributed by atoms with van der Waals surface area (Å²) in [6, 6.07) is 17.8. The van der Waals surface area contributed by atoms with Gasteiger partial charge < -0.3 is 15.0 Å². The van der Waals surface area contributed by atoms with Crippen molar-refractivity contribution in [3.8, 4) is 5.75 Å². The molecule has 0 aliphatic rings. The third-order valence-corrected chi connectivity index (χ3v) is 7.92. The minimum absolute atomic E-state index is 0.128. The van der Waals surface area contributed by atoms with E-state index < -0.39 is 6.04 Å². The first-order valence-electron chi connectivity index (χ1n) is 12.5. The van der Waals surface area contributed by atoms with E-state index in [9.17, 15) is 9.59 Å². The lowest BCUT2D eigenvalue weighted by molar-refractivity contribution is -0.142. The van der Waals surface area contributed by atoms with E-state index in [1.807, 2.05) is 70.2 Å². The number of benzene rings is 3. The SMILES string of the molecule is Cc1cc(OCC(=O)N(Cc2ccc(Cl)cc2Cl)C(Cc2ccccc2)C(=O)NCC(C)C)cc(C)c1Br. The fourth-order valence-corrected chi connectivity index (χ4v) is 4.72. The van der Waals surface area contributed by atoms with Crippen LogP contribution in [0.3, 0.4) is 0 Å². The maximum absolute atomic E-state index is 13.8. The van der Waals surface area contributed by atoms with Crippen molar-refractivity contribution in [3.05, 3.63) is 97.4 Å². The van der Waals surface area contributed by atoms with Gasteiger partial charge in [0.25, 0.3) is 5.91 Å². The van der Waals surface area contributed by atoms with Gasteiger partial charge in [-0.15, -0.1) is 0 Å². The van der Waals surface area contributed by atoms with Crippen molar-refractivity contribution in [2.45, 2.75) is 46.7 Å². The lowest BCUT2D eigenvalue weighted by atomic mass is 10.0. The van der Waals surface area contributed by atoms with Crippen molar-refractivity contribution in [1.29, 1.82) is 0 Å². The second-order valence-corrected chi connectivity index (χ2v) is 11.4. The highest BCUT2D eigenvalue weighted by molar-refractivity contribution is 9.10. The van der Waals surface area contributed by atoms with Crippen LogP contribution in [0.4, 0.5) is 0 Å². The van der Waals surface area contributed by atoms with Gasteiger partial charge in [0.05, 0.1) is 0 Å². The Morgan fingerprint density at radius 2 is 1.66 bits per heavy atom. The number of carbonyl (C=O) groups is 2. The summed E-state index contributed by atoms with van der Waals surface area (Å²) in [5.41, 5.74) is 3.64. The standard InChI is InChI=1S/C30H33BrCl2N2O3/c1-19(2)16-34-30(37)27(14-22-8-6-5-7-9-22)35(17-23-10-11-24(32)15-26(23)33)28(36)18-38-25-12-20(3)29(31)21(4)13-25/h5-13,15,19,27H,14,16-18H2,1-4H3,(H,34,37). The highest BCUT2D eigenvalue weighted by atomic mass is 79.9. The molecule has 3 aromatic rings. The molecule has 8 heteroatoms. The minimum atomic E-state index is -0.771. The Labute approximate surface area is 243 Å². The molecule has 0 aromatic heterocycles. The van der Waals surface area contributed by atoms with Crippen LogP contribution in [0.25, 0.3) is 0 Å². The molecule has 202 valence electrons. The average molecular weight is 620 g/mol. The van der Waals surface area contributed by atoms with Crippen LogP contribution in [0, 0.1) is 19.8 Å². The zero-order chi connectivity index (χ0) is 27.8. The van der Waals surface area contributed by atoms with Crippen LogP contribution in [0.1, 0.15) is 36.1 Å². The van der Waals surface area contributed by atoms with Gasteiger partial charge in [0.2, 0.25) is 5.91 Å². The molecule has 0 aliphatic carbocycles. The lowest BCUT2D eigenvalue weighted by Crippen LogP contribution is -2.52. The van der Waals surface area contributed by atoms with Crippen molar-refractivity contribution < 1.29 is 14.3 Å². The van der Waals surface area contributed by atoms with Crippen LogP contribution in [0.2, 0.25) is 10.0 Å². The summed E-state index contributed by atoms with van der Waals surface area (Å²) in [5, 5.41) is 3.93. The summed E-state index contributed by atoms with van der Waals surface area (Å²) >= 11 is 16.2. The van der Waals surface area contributed by atoms with Gasteiger partial charge in [0, 0.05) is 34.0 Å². The van der Waals surface area contributed by atoms with Gasteiger partial charge in [-0.25, -0.2) is 0 Å². The van der Waals surface area contributed by atoms with E-state index in [-0.39, 0.29) is 30.9 Å². The molecule has 1 atom stereocenters. The molecule has 5 nitrogen and oxygen atoms in total. The Morgan fingerprint density at radius 1 is 1.00 bits per heavy atom. The van der Waals surface area contributed by atoms with Crippen LogP contribution in [0.5, 0.6) is 5.75 Å². The Kier molecular flexibility index (Phi) is 11.1. The quantitative estimate of drug-likeness (QED) is 0.248. The zero-order valence-electron chi connectivity index (χ0n) is 22.1. The molecule has 38 heavy (non-hydrogen) atoms. The predicted molar refractivity (Wildman–Crippen MR) is 158 cm³/mol. The topological polar surface area (TPSA) is 58.6 Å². The van der Waals surface area contributed by atoms with Crippen LogP contribution in [-0.2, 0) is 22.6 Å². The number of halogens is 3. The first-order chi connectivity index (χ1) is 18.0. The van der Waals surface area contributed by atoms with Gasteiger partial charge in [0.15, 0.2) is 6.61 Å². The summed E-state index contributed by atoms with van der Waals surface area (Å²) in [6.07, 6.45) is 0.345.